The molecule has 82 valence electrons. The number of hydrogen-bond donors (Lipinski definition) is 0. The van der Waals surface area contributed by atoms with Gasteiger partial charge in [-0.3, -0.25) is 0 Å². The maximum Gasteiger partial charge on any atom is 0.404 e. The first-order valence-electron chi connectivity index (χ1n) is 5.31. The lowest BCUT2D eigenvalue weighted by Gasteiger charge is -2.37. The largest absolute Gasteiger partial charge is 0.447 e. The molecule has 0 aromatic rings. The van der Waals surface area contributed by atoms with Gasteiger partial charge in [-0.1, -0.05) is 13.8 Å². The molecule has 0 spiro atoms. The molecular formula is C11H19ClO2. The van der Waals surface area contributed by atoms with Crippen molar-refractivity contribution >= 4 is 17.0 Å². The minimum Gasteiger partial charge on any atom is -0.447 e. The summed E-state index contributed by atoms with van der Waals surface area (Å²) in [6, 6.07) is 0. The first kappa shape index (κ1) is 11.8. The van der Waals surface area contributed by atoms with Crippen LogP contribution in [0.5, 0.6) is 0 Å². The van der Waals surface area contributed by atoms with Crippen molar-refractivity contribution in [2.45, 2.75) is 52.1 Å². The Bertz CT molecular complexity index is 205. The van der Waals surface area contributed by atoms with Crippen molar-refractivity contribution in [3.05, 3.63) is 0 Å². The summed E-state index contributed by atoms with van der Waals surface area (Å²) >= 11 is 5.24. The van der Waals surface area contributed by atoms with Crippen molar-refractivity contribution in [3.63, 3.8) is 0 Å². The van der Waals surface area contributed by atoms with Crippen LogP contribution in [-0.4, -0.2) is 11.0 Å². The van der Waals surface area contributed by atoms with Gasteiger partial charge in [0.15, 0.2) is 0 Å². The number of hydrogen-bond acceptors (Lipinski definition) is 2. The van der Waals surface area contributed by atoms with E-state index >= 15 is 0 Å². The smallest absolute Gasteiger partial charge is 0.404 e. The average Bonchev–Trinajstić information content (AvgIpc) is 2.02. The number of carbonyl (C=O) groups is 1. The first-order valence-corrected chi connectivity index (χ1v) is 5.69. The minimum absolute atomic E-state index is 0.315. The standard InChI is InChI=1S/C11H19ClO2/c1-8(2)9-4-6-11(3,7-5-9)14-10(12)13/h8-9H,4-7H2,1-3H3. The van der Waals surface area contributed by atoms with Gasteiger partial charge in [-0.2, -0.15) is 0 Å². The molecule has 0 amide bonds. The van der Waals surface area contributed by atoms with Crippen LogP contribution in [0.25, 0.3) is 0 Å². The van der Waals surface area contributed by atoms with E-state index in [4.69, 9.17) is 16.3 Å². The maximum absolute atomic E-state index is 10.7. The third-order valence-corrected chi connectivity index (χ3v) is 3.43. The van der Waals surface area contributed by atoms with Crippen molar-refractivity contribution in [1.29, 1.82) is 0 Å². The molecule has 0 radical (unpaired) electrons. The Balaban J connectivity index is 2.44. The molecule has 0 heterocycles. The number of halogens is 1. The molecule has 1 saturated carbocycles. The van der Waals surface area contributed by atoms with Crippen LogP contribution in [0.2, 0.25) is 0 Å². The second-order valence-corrected chi connectivity index (χ2v) is 5.18. The second kappa shape index (κ2) is 4.52. The van der Waals surface area contributed by atoms with Gasteiger partial charge in [-0.05, 0) is 44.4 Å². The normalized spacial score (nSPS) is 33.1. The van der Waals surface area contributed by atoms with Crippen LogP contribution >= 0.6 is 11.6 Å². The van der Waals surface area contributed by atoms with Gasteiger partial charge in [0.2, 0.25) is 0 Å². The Labute approximate surface area is 91.0 Å². The SMILES string of the molecule is CC(C)C1CCC(C)(OC(=O)Cl)CC1. The van der Waals surface area contributed by atoms with Crippen molar-refractivity contribution in [2.75, 3.05) is 0 Å². The van der Waals surface area contributed by atoms with Gasteiger partial charge in [0.05, 0.1) is 0 Å². The fourth-order valence-corrected chi connectivity index (χ4v) is 2.40. The molecule has 2 nitrogen and oxygen atoms in total. The molecule has 0 aromatic carbocycles. The molecule has 0 aromatic heterocycles. The molecule has 1 rings (SSSR count). The van der Waals surface area contributed by atoms with E-state index in [1.165, 1.54) is 0 Å². The van der Waals surface area contributed by atoms with Crippen molar-refractivity contribution < 1.29 is 9.53 Å². The van der Waals surface area contributed by atoms with Gasteiger partial charge >= 0.3 is 5.43 Å². The van der Waals surface area contributed by atoms with Gasteiger partial charge in [-0.25, -0.2) is 4.79 Å². The van der Waals surface area contributed by atoms with Gasteiger partial charge < -0.3 is 4.74 Å². The van der Waals surface area contributed by atoms with E-state index < -0.39 is 5.43 Å². The molecule has 0 N–H and O–H groups in total. The molecule has 14 heavy (non-hydrogen) atoms. The quantitative estimate of drug-likeness (QED) is 0.656. The summed E-state index contributed by atoms with van der Waals surface area (Å²) in [6.07, 6.45) is 4.15. The molecule has 0 aliphatic heterocycles. The molecule has 3 heteroatoms. The van der Waals surface area contributed by atoms with Crippen LogP contribution < -0.4 is 0 Å². The molecule has 0 atom stereocenters. The van der Waals surface area contributed by atoms with Crippen molar-refractivity contribution in [3.8, 4) is 0 Å². The highest BCUT2D eigenvalue weighted by Crippen LogP contribution is 2.38. The Kier molecular flexibility index (Phi) is 3.82. The molecule has 1 aliphatic rings. The molecule has 0 saturated heterocycles. The van der Waals surface area contributed by atoms with Crippen LogP contribution in [0.15, 0.2) is 0 Å². The third kappa shape index (κ3) is 3.16. The average molecular weight is 219 g/mol. The Morgan fingerprint density at radius 3 is 2.29 bits per heavy atom. The lowest BCUT2D eigenvalue weighted by molar-refractivity contribution is -0.00516. The summed E-state index contributed by atoms with van der Waals surface area (Å²) in [5.41, 5.74) is -0.986. The van der Waals surface area contributed by atoms with Gasteiger partial charge in [-0.15, -0.1) is 0 Å². The van der Waals surface area contributed by atoms with E-state index in [0.29, 0.717) is 0 Å². The van der Waals surface area contributed by atoms with Crippen LogP contribution in [-0.2, 0) is 4.74 Å². The Morgan fingerprint density at radius 1 is 1.43 bits per heavy atom. The lowest BCUT2D eigenvalue weighted by Crippen LogP contribution is -2.35. The summed E-state index contributed by atoms with van der Waals surface area (Å²) < 4.78 is 5.13. The van der Waals surface area contributed by atoms with E-state index in [1.807, 2.05) is 6.92 Å². The Morgan fingerprint density at radius 2 is 1.93 bits per heavy atom. The van der Waals surface area contributed by atoms with Crippen LogP contribution in [0.1, 0.15) is 46.5 Å². The monoisotopic (exact) mass is 218 g/mol. The fourth-order valence-electron chi connectivity index (χ4n) is 2.21. The Hall–Kier alpha value is -0.240. The predicted molar refractivity (Wildman–Crippen MR) is 57.5 cm³/mol. The van der Waals surface area contributed by atoms with E-state index in [-0.39, 0.29) is 5.60 Å². The maximum atomic E-state index is 10.7. The van der Waals surface area contributed by atoms with Gasteiger partial charge in [0, 0.05) is 11.6 Å². The third-order valence-electron chi connectivity index (χ3n) is 3.36. The highest BCUT2D eigenvalue weighted by atomic mass is 35.5. The number of ether oxygens (including phenoxy) is 1. The molecule has 0 bridgehead atoms. The minimum atomic E-state index is -0.671. The predicted octanol–water partition coefficient (Wildman–Crippen LogP) is 3.97. The molecule has 1 aliphatic carbocycles. The van der Waals surface area contributed by atoms with Gasteiger partial charge in [0.25, 0.3) is 0 Å². The van der Waals surface area contributed by atoms with E-state index in [1.54, 1.807) is 0 Å². The highest BCUT2D eigenvalue weighted by molar-refractivity contribution is 6.61. The first-order chi connectivity index (χ1) is 6.43. The summed E-state index contributed by atoms with van der Waals surface area (Å²) in [7, 11) is 0. The van der Waals surface area contributed by atoms with Gasteiger partial charge in [0.1, 0.15) is 5.60 Å². The summed E-state index contributed by atoms with van der Waals surface area (Å²) in [6.45, 7) is 6.48. The van der Waals surface area contributed by atoms with Crippen LogP contribution in [0.4, 0.5) is 4.79 Å². The summed E-state index contributed by atoms with van der Waals surface area (Å²) in [5, 5.41) is 0. The lowest BCUT2D eigenvalue weighted by atomic mass is 9.75. The number of carbonyl (C=O) groups excluding carboxylic acids is 1. The fraction of sp³-hybridized carbons (Fsp3) is 0.909. The zero-order valence-corrected chi connectivity index (χ0v) is 9.93. The zero-order chi connectivity index (χ0) is 10.8. The molecular weight excluding hydrogens is 200 g/mol. The zero-order valence-electron chi connectivity index (χ0n) is 9.18. The van der Waals surface area contributed by atoms with Crippen molar-refractivity contribution in [2.24, 2.45) is 11.8 Å². The summed E-state index contributed by atoms with van der Waals surface area (Å²) in [4.78, 5) is 10.7. The van der Waals surface area contributed by atoms with E-state index in [0.717, 1.165) is 37.5 Å². The molecule has 1 fully saturated rings. The number of rotatable bonds is 2. The van der Waals surface area contributed by atoms with Crippen molar-refractivity contribution in [1.82, 2.24) is 0 Å². The second-order valence-electron chi connectivity index (χ2n) is 4.87. The molecule has 0 unspecified atom stereocenters. The van der Waals surface area contributed by atoms with Crippen LogP contribution in [0, 0.1) is 11.8 Å². The highest BCUT2D eigenvalue weighted by Gasteiger charge is 2.34. The van der Waals surface area contributed by atoms with E-state index in [2.05, 4.69) is 13.8 Å². The van der Waals surface area contributed by atoms with Crippen LogP contribution in [0.3, 0.4) is 0 Å². The summed E-state index contributed by atoms with van der Waals surface area (Å²) in [5.74, 6) is 1.50. The van der Waals surface area contributed by atoms with E-state index in [9.17, 15) is 4.79 Å². The topological polar surface area (TPSA) is 26.3 Å².